The maximum Gasteiger partial charge on any atom is 0.297 e. The molecule has 0 saturated heterocycles. The molecule has 0 heterocycles. The second kappa shape index (κ2) is 15.5. The third-order valence-corrected chi connectivity index (χ3v) is 10.2. The zero-order valence-corrected chi connectivity index (χ0v) is 27.4. The van der Waals surface area contributed by atoms with Gasteiger partial charge in [0.05, 0.1) is 17.6 Å². The van der Waals surface area contributed by atoms with Crippen molar-refractivity contribution in [2.24, 2.45) is 5.92 Å². The van der Waals surface area contributed by atoms with Gasteiger partial charge in [-0.05, 0) is 66.6 Å². The van der Waals surface area contributed by atoms with Crippen LogP contribution in [0.1, 0.15) is 42.0 Å². The second-order valence-corrected chi connectivity index (χ2v) is 14.1. The first-order chi connectivity index (χ1) is 21.9. The van der Waals surface area contributed by atoms with Gasteiger partial charge in [-0.2, -0.15) is 8.42 Å². The average Bonchev–Trinajstić information content (AvgIpc) is 3.07. The van der Waals surface area contributed by atoms with Gasteiger partial charge in [-0.25, -0.2) is 0 Å². The van der Waals surface area contributed by atoms with Gasteiger partial charge in [0.2, 0.25) is 0 Å². The Kier molecular flexibility index (Phi) is 11.3. The summed E-state index contributed by atoms with van der Waals surface area (Å²) in [4.78, 5) is 1.32. The molecule has 5 aromatic carbocycles. The van der Waals surface area contributed by atoms with Gasteiger partial charge in [0.1, 0.15) is 5.60 Å². The van der Waals surface area contributed by atoms with Crippen molar-refractivity contribution in [3.05, 3.63) is 168 Å². The first-order valence-corrected chi connectivity index (χ1v) is 17.7. The minimum Gasteiger partial charge on any atom is -0.361 e. The van der Waals surface area contributed by atoms with Crippen molar-refractivity contribution in [2.75, 3.05) is 12.4 Å². The molecule has 0 N–H and O–H groups in total. The van der Waals surface area contributed by atoms with E-state index in [1.54, 1.807) is 36.0 Å². The van der Waals surface area contributed by atoms with Crippen molar-refractivity contribution < 1.29 is 17.3 Å². The van der Waals surface area contributed by atoms with Gasteiger partial charge in [0.25, 0.3) is 10.1 Å². The van der Waals surface area contributed by atoms with E-state index < -0.39 is 21.8 Å². The fraction of sp³-hybridized carbons (Fsp3) is 0.231. The molecular weight excluding hydrogens is 597 g/mol. The monoisotopic (exact) mass is 636 g/mol. The van der Waals surface area contributed by atoms with Gasteiger partial charge in [0, 0.05) is 10.6 Å². The number of thioether (sulfide) groups is 1. The molecule has 0 unspecified atom stereocenters. The molecule has 0 amide bonds. The zero-order chi connectivity index (χ0) is 31.5. The zero-order valence-electron chi connectivity index (χ0n) is 25.8. The predicted molar refractivity (Wildman–Crippen MR) is 184 cm³/mol. The highest BCUT2D eigenvalue weighted by atomic mass is 32.2. The molecular formula is C39H40O4S2. The Morgan fingerprint density at radius 1 is 0.667 bits per heavy atom. The molecule has 0 bridgehead atoms. The van der Waals surface area contributed by atoms with Crippen molar-refractivity contribution in [1.29, 1.82) is 0 Å². The van der Waals surface area contributed by atoms with Gasteiger partial charge in [-0.1, -0.05) is 134 Å². The highest BCUT2D eigenvalue weighted by Crippen LogP contribution is 2.41. The van der Waals surface area contributed by atoms with Crippen molar-refractivity contribution in [2.45, 2.75) is 48.2 Å². The van der Waals surface area contributed by atoms with Crippen LogP contribution < -0.4 is 0 Å². The van der Waals surface area contributed by atoms with Gasteiger partial charge in [-0.15, -0.1) is 11.8 Å². The molecule has 232 valence electrons. The van der Waals surface area contributed by atoms with E-state index in [0.29, 0.717) is 19.4 Å². The Hall–Kier alpha value is -3.68. The van der Waals surface area contributed by atoms with E-state index in [2.05, 4.69) is 55.5 Å². The maximum atomic E-state index is 13.4. The number of ether oxygens (including phenoxy) is 1. The summed E-state index contributed by atoms with van der Waals surface area (Å²) in [7, 11) is -3.94. The van der Waals surface area contributed by atoms with E-state index in [9.17, 15) is 8.42 Å². The van der Waals surface area contributed by atoms with Crippen LogP contribution in [0.15, 0.2) is 155 Å². The third kappa shape index (κ3) is 8.53. The summed E-state index contributed by atoms with van der Waals surface area (Å²) in [6.07, 6.45) is 0.594. The van der Waals surface area contributed by atoms with Crippen molar-refractivity contribution >= 4 is 21.9 Å². The lowest BCUT2D eigenvalue weighted by Crippen LogP contribution is -2.35. The largest absolute Gasteiger partial charge is 0.361 e. The van der Waals surface area contributed by atoms with Crippen LogP contribution in [-0.4, -0.2) is 26.9 Å². The topological polar surface area (TPSA) is 52.6 Å². The number of benzene rings is 5. The molecule has 0 spiro atoms. The molecule has 0 aliphatic rings. The average molecular weight is 637 g/mol. The minimum absolute atomic E-state index is 0.000421. The van der Waals surface area contributed by atoms with E-state index in [-0.39, 0.29) is 10.8 Å². The predicted octanol–water partition coefficient (Wildman–Crippen LogP) is 9.29. The summed E-state index contributed by atoms with van der Waals surface area (Å²) in [6, 6.07) is 47.8. The molecule has 2 atom stereocenters. The maximum absolute atomic E-state index is 13.4. The van der Waals surface area contributed by atoms with Gasteiger partial charge >= 0.3 is 0 Å². The molecule has 0 radical (unpaired) electrons. The standard InChI is InChI=1S/C39H40O4S2/c1-31-23-25-38(26-24-31)45(40,41)43-36(27-28-44-37-21-13-6-14-22-37)29-32(2)30-42-39(33-15-7-3-8-16-33,34-17-9-4-10-18-34)35-19-11-5-12-20-35/h3-26,32,36H,27-30H2,1-2H3/t32-,36+/m1/s1. The van der Waals surface area contributed by atoms with Crippen LogP contribution in [0.25, 0.3) is 0 Å². The van der Waals surface area contributed by atoms with Crippen molar-refractivity contribution in [1.82, 2.24) is 0 Å². The van der Waals surface area contributed by atoms with Gasteiger partial charge in [0.15, 0.2) is 0 Å². The number of hydrogen-bond donors (Lipinski definition) is 0. The summed E-state index contributed by atoms with van der Waals surface area (Å²) >= 11 is 1.70. The second-order valence-electron chi connectivity index (χ2n) is 11.4. The third-order valence-electron chi connectivity index (χ3n) is 7.81. The van der Waals surface area contributed by atoms with E-state index >= 15 is 0 Å². The minimum atomic E-state index is -3.94. The fourth-order valence-electron chi connectivity index (χ4n) is 5.52. The van der Waals surface area contributed by atoms with Crippen LogP contribution in [0.5, 0.6) is 0 Å². The van der Waals surface area contributed by atoms with E-state index in [0.717, 1.165) is 32.9 Å². The summed E-state index contributed by atoms with van der Waals surface area (Å²) in [5.74, 6) is 0.730. The molecule has 0 fully saturated rings. The van der Waals surface area contributed by atoms with Crippen LogP contribution in [0, 0.1) is 12.8 Å². The molecule has 45 heavy (non-hydrogen) atoms. The smallest absolute Gasteiger partial charge is 0.297 e. The van der Waals surface area contributed by atoms with Crippen LogP contribution in [0.4, 0.5) is 0 Å². The van der Waals surface area contributed by atoms with E-state index in [1.807, 2.05) is 79.7 Å². The highest BCUT2D eigenvalue weighted by molar-refractivity contribution is 7.99. The molecule has 5 rings (SSSR count). The first-order valence-electron chi connectivity index (χ1n) is 15.3. The Morgan fingerprint density at radius 3 is 1.62 bits per heavy atom. The van der Waals surface area contributed by atoms with Gasteiger partial charge < -0.3 is 4.74 Å². The highest BCUT2D eigenvalue weighted by Gasteiger charge is 2.38. The van der Waals surface area contributed by atoms with Crippen LogP contribution in [0.2, 0.25) is 0 Å². The lowest BCUT2D eigenvalue weighted by molar-refractivity contribution is -0.0124. The van der Waals surface area contributed by atoms with Gasteiger partial charge in [-0.3, -0.25) is 4.18 Å². The normalized spacial score (nSPS) is 13.3. The lowest BCUT2D eigenvalue weighted by Gasteiger charge is -2.37. The summed E-state index contributed by atoms with van der Waals surface area (Å²) in [5, 5.41) is 0. The fourth-order valence-corrected chi connectivity index (χ4v) is 7.60. The SMILES string of the molecule is Cc1ccc(S(=O)(=O)O[C@@H](CCSc2ccccc2)C[C@@H](C)COC(c2ccccc2)(c2ccccc2)c2ccccc2)cc1. The van der Waals surface area contributed by atoms with Crippen molar-refractivity contribution in [3.8, 4) is 0 Å². The Labute approximate surface area is 272 Å². The summed E-state index contributed by atoms with van der Waals surface area (Å²) in [6.45, 7) is 4.43. The Morgan fingerprint density at radius 2 is 1.13 bits per heavy atom. The summed E-state index contributed by atoms with van der Waals surface area (Å²) in [5.41, 5.74) is 3.25. The van der Waals surface area contributed by atoms with Crippen LogP contribution >= 0.6 is 11.8 Å². The molecule has 0 aliphatic carbocycles. The summed E-state index contributed by atoms with van der Waals surface area (Å²) < 4.78 is 39.8. The van der Waals surface area contributed by atoms with Crippen LogP contribution in [0.3, 0.4) is 0 Å². The number of hydrogen-bond acceptors (Lipinski definition) is 5. The number of aryl methyl sites for hydroxylation is 1. The molecule has 0 aliphatic heterocycles. The number of rotatable bonds is 15. The Balaban J connectivity index is 1.39. The molecule has 4 nitrogen and oxygen atoms in total. The quantitative estimate of drug-likeness (QED) is 0.0651. The lowest BCUT2D eigenvalue weighted by atomic mass is 9.80. The molecule has 0 saturated carbocycles. The molecule has 5 aromatic rings. The van der Waals surface area contributed by atoms with Crippen LogP contribution in [-0.2, 0) is 24.6 Å². The Bertz CT molecular complexity index is 1600. The van der Waals surface area contributed by atoms with Crippen molar-refractivity contribution in [3.63, 3.8) is 0 Å². The first kappa shape index (κ1) is 32.7. The van der Waals surface area contributed by atoms with E-state index in [4.69, 9.17) is 8.92 Å². The van der Waals surface area contributed by atoms with E-state index in [1.165, 1.54) is 0 Å². The molecule has 0 aromatic heterocycles. The molecule has 6 heteroatoms.